The smallest absolute Gasteiger partial charge is 0.253 e. The van der Waals surface area contributed by atoms with Gasteiger partial charge in [-0.1, -0.05) is 31.9 Å². The van der Waals surface area contributed by atoms with Crippen molar-refractivity contribution in [3.05, 3.63) is 35.7 Å². The first-order valence-electron chi connectivity index (χ1n) is 8.50. The van der Waals surface area contributed by atoms with Crippen molar-refractivity contribution in [2.45, 2.75) is 44.6 Å². The van der Waals surface area contributed by atoms with Gasteiger partial charge < -0.3 is 10.0 Å². The minimum absolute atomic E-state index is 0.0777. The summed E-state index contributed by atoms with van der Waals surface area (Å²) in [6.07, 6.45) is 4.41. The van der Waals surface area contributed by atoms with Crippen molar-refractivity contribution in [3.63, 3.8) is 0 Å². The summed E-state index contributed by atoms with van der Waals surface area (Å²) < 4.78 is 0. The number of hydrogen-bond acceptors (Lipinski definition) is 4. The van der Waals surface area contributed by atoms with Gasteiger partial charge in [0.05, 0.1) is 5.60 Å². The van der Waals surface area contributed by atoms with Crippen LogP contribution in [-0.2, 0) is 6.42 Å². The highest BCUT2D eigenvalue weighted by Crippen LogP contribution is 2.30. The molecule has 2 aromatic rings. The van der Waals surface area contributed by atoms with Gasteiger partial charge in [-0.2, -0.15) is 5.10 Å². The van der Waals surface area contributed by atoms with E-state index in [0.29, 0.717) is 17.9 Å². The van der Waals surface area contributed by atoms with E-state index in [1.54, 1.807) is 24.1 Å². The van der Waals surface area contributed by atoms with Gasteiger partial charge in [0.15, 0.2) is 5.82 Å². The molecule has 6 nitrogen and oxygen atoms in total. The molecule has 6 heteroatoms. The monoisotopic (exact) mass is 328 g/mol. The van der Waals surface area contributed by atoms with Gasteiger partial charge in [0.2, 0.25) is 0 Å². The van der Waals surface area contributed by atoms with Gasteiger partial charge in [-0.25, -0.2) is 4.98 Å². The summed E-state index contributed by atoms with van der Waals surface area (Å²) >= 11 is 0. The number of hydrogen-bond donors (Lipinski definition) is 2. The molecule has 1 aromatic heterocycles. The number of aromatic nitrogens is 3. The first-order valence-corrected chi connectivity index (χ1v) is 8.50. The molecule has 1 saturated carbocycles. The maximum absolute atomic E-state index is 12.6. The Balaban J connectivity index is 1.69. The van der Waals surface area contributed by atoms with E-state index in [1.165, 1.54) is 0 Å². The van der Waals surface area contributed by atoms with Crippen LogP contribution in [0, 0.1) is 0 Å². The minimum atomic E-state index is -0.722. The number of amides is 1. The van der Waals surface area contributed by atoms with Crippen molar-refractivity contribution in [1.29, 1.82) is 0 Å². The predicted octanol–water partition coefficient (Wildman–Crippen LogP) is 2.41. The van der Waals surface area contributed by atoms with E-state index in [2.05, 4.69) is 15.2 Å². The van der Waals surface area contributed by atoms with Gasteiger partial charge in [-0.05, 0) is 25.0 Å². The number of H-pyrrole nitrogens is 1. The second-order valence-corrected chi connectivity index (χ2v) is 6.63. The molecule has 1 heterocycles. The third-order valence-corrected chi connectivity index (χ3v) is 4.67. The number of nitrogens with zero attached hydrogens (tertiary/aromatic N) is 3. The van der Waals surface area contributed by atoms with E-state index in [0.717, 1.165) is 43.5 Å². The maximum atomic E-state index is 12.6. The average molecular weight is 328 g/mol. The van der Waals surface area contributed by atoms with E-state index in [4.69, 9.17) is 0 Å². The number of benzene rings is 1. The second kappa shape index (κ2) is 6.73. The molecule has 1 aliphatic rings. The van der Waals surface area contributed by atoms with Crippen LogP contribution in [0.1, 0.15) is 48.8 Å². The molecule has 0 aliphatic heterocycles. The molecule has 1 aliphatic carbocycles. The fourth-order valence-electron chi connectivity index (χ4n) is 3.27. The number of carbonyl (C=O) groups excluding carboxylic acids is 1. The highest BCUT2D eigenvalue weighted by Gasteiger charge is 2.33. The van der Waals surface area contributed by atoms with Crippen LogP contribution >= 0.6 is 0 Å². The fraction of sp³-hybridized carbons (Fsp3) is 0.500. The molecular weight excluding hydrogens is 304 g/mol. The SMILES string of the molecule is CCc1nc(-c2ccc(C(=O)N(C)CC3(O)CCCC3)cc2)n[nH]1. The molecule has 0 saturated heterocycles. The van der Waals surface area contributed by atoms with Gasteiger partial charge >= 0.3 is 0 Å². The van der Waals surface area contributed by atoms with Crippen LogP contribution in [0.15, 0.2) is 24.3 Å². The summed E-state index contributed by atoms with van der Waals surface area (Å²) in [5.74, 6) is 1.40. The molecule has 0 spiro atoms. The standard InChI is InChI=1S/C18H24N4O2/c1-3-15-19-16(21-20-15)13-6-8-14(9-7-13)17(23)22(2)12-18(24)10-4-5-11-18/h6-9,24H,3-5,10-12H2,1-2H3,(H,19,20,21). The predicted molar refractivity (Wildman–Crippen MR) is 91.6 cm³/mol. The number of aliphatic hydroxyl groups is 1. The highest BCUT2D eigenvalue weighted by atomic mass is 16.3. The van der Waals surface area contributed by atoms with Crippen LogP contribution in [0.3, 0.4) is 0 Å². The Hall–Kier alpha value is -2.21. The Morgan fingerprint density at radius 1 is 1.29 bits per heavy atom. The molecule has 3 rings (SSSR count). The summed E-state index contributed by atoms with van der Waals surface area (Å²) in [6.45, 7) is 2.40. The number of aryl methyl sites for hydroxylation is 1. The lowest BCUT2D eigenvalue weighted by molar-refractivity contribution is 0.0157. The Kier molecular flexibility index (Phi) is 4.66. The Labute approximate surface area is 141 Å². The van der Waals surface area contributed by atoms with E-state index < -0.39 is 5.60 Å². The van der Waals surface area contributed by atoms with Gasteiger partial charge in [0.25, 0.3) is 5.91 Å². The third kappa shape index (κ3) is 3.48. The van der Waals surface area contributed by atoms with Crippen molar-refractivity contribution in [3.8, 4) is 11.4 Å². The lowest BCUT2D eigenvalue weighted by Gasteiger charge is -2.28. The van der Waals surface area contributed by atoms with Gasteiger partial charge in [0, 0.05) is 31.1 Å². The molecule has 2 N–H and O–H groups in total. The van der Waals surface area contributed by atoms with Crippen molar-refractivity contribution in [2.75, 3.05) is 13.6 Å². The summed E-state index contributed by atoms with van der Waals surface area (Å²) in [6, 6.07) is 7.28. The molecular formula is C18H24N4O2. The zero-order valence-electron chi connectivity index (χ0n) is 14.2. The molecule has 0 atom stereocenters. The number of aromatic amines is 1. The minimum Gasteiger partial charge on any atom is -0.388 e. The van der Waals surface area contributed by atoms with Crippen molar-refractivity contribution in [2.24, 2.45) is 0 Å². The molecule has 128 valence electrons. The molecule has 0 radical (unpaired) electrons. The summed E-state index contributed by atoms with van der Waals surface area (Å²) in [7, 11) is 1.75. The van der Waals surface area contributed by atoms with Crippen LogP contribution in [0.4, 0.5) is 0 Å². The molecule has 24 heavy (non-hydrogen) atoms. The normalized spacial score (nSPS) is 16.3. The van der Waals surface area contributed by atoms with Crippen LogP contribution in [0.2, 0.25) is 0 Å². The van der Waals surface area contributed by atoms with E-state index in [9.17, 15) is 9.90 Å². The molecule has 0 bridgehead atoms. The van der Waals surface area contributed by atoms with Crippen LogP contribution < -0.4 is 0 Å². The number of nitrogens with one attached hydrogen (secondary N) is 1. The Morgan fingerprint density at radius 3 is 2.54 bits per heavy atom. The molecule has 1 aromatic carbocycles. The van der Waals surface area contributed by atoms with Crippen molar-refractivity contribution in [1.82, 2.24) is 20.1 Å². The third-order valence-electron chi connectivity index (χ3n) is 4.67. The largest absolute Gasteiger partial charge is 0.388 e. The summed E-state index contributed by atoms with van der Waals surface area (Å²) in [4.78, 5) is 18.6. The first-order chi connectivity index (χ1) is 11.5. The van der Waals surface area contributed by atoms with Crippen LogP contribution in [0.5, 0.6) is 0 Å². The summed E-state index contributed by atoms with van der Waals surface area (Å²) in [5, 5.41) is 17.5. The fourth-order valence-corrected chi connectivity index (χ4v) is 3.27. The Bertz CT molecular complexity index is 702. The van der Waals surface area contributed by atoms with E-state index in [-0.39, 0.29) is 5.91 Å². The summed E-state index contributed by atoms with van der Waals surface area (Å²) in [5.41, 5.74) is 0.758. The first kappa shape index (κ1) is 16.6. The zero-order valence-corrected chi connectivity index (χ0v) is 14.2. The Morgan fingerprint density at radius 2 is 1.96 bits per heavy atom. The lowest BCUT2D eigenvalue weighted by Crippen LogP contribution is -2.42. The molecule has 1 amide bonds. The van der Waals surface area contributed by atoms with E-state index >= 15 is 0 Å². The van der Waals surface area contributed by atoms with Crippen molar-refractivity contribution >= 4 is 5.91 Å². The molecule has 1 fully saturated rings. The topological polar surface area (TPSA) is 82.1 Å². The molecule has 0 unspecified atom stereocenters. The quantitative estimate of drug-likeness (QED) is 0.883. The number of carbonyl (C=O) groups is 1. The highest BCUT2D eigenvalue weighted by molar-refractivity contribution is 5.94. The van der Waals surface area contributed by atoms with E-state index in [1.807, 2.05) is 19.1 Å². The average Bonchev–Trinajstić information content (AvgIpc) is 3.23. The van der Waals surface area contributed by atoms with Crippen LogP contribution in [-0.4, -0.2) is 50.3 Å². The van der Waals surface area contributed by atoms with Gasteiger partial charge in [0.1, 0.15) is 5.82 Å². The van der Waals surface area contributed by atoms with Gasteiger partial charge in [-0.15, -0.1) is 0 Å². The van der Waals surface area contributed by atoms with Crippen molar-refractivity contribution < 1.29 is 9.90 Å². The zero-order chi connectivity index (χ0) is 17.2. The van der Waals surface area contributed by atoms with Crippen LogP contribution in [0.25, 0.3) is 11.4 Å². The lowest BCUT2D eigenvalue weighted by atomic mass is 10.0. The number of likely N-dealkylation sites (N-methyl/N-ethyl adjacent to an activating group) is 1. The second-order valence-electron chi connectivity index (χ2n) is 6.63. The van der Waals surface area contributed by atoms with Gasteiger partial charge in [-0.3, -0.25) is 9.89 Å². The maximum Gasteiger partial charge on any atom is 0.253 e. The number of rotatable bonds is 5.